The molecule has 0 heterocycles. The summed E-state index contributed by atoms with van der Waals surface area (Å²) < 4.78 is 5.95. The number of aliphatic carboxylic acids is 2. The molecule has 0 amide bonds. The zero-order valence-electron chi connectivity index (χ0n) is 12.5. The third-order valence-corrected chi connectivity index (χ3v) is 10.7. The number of carboxylic acids is 2. The number of unbranched alkanes of at least 4 members (excludes halogenated alkanes) is 2. The number of hydrogen-bond donors (Lipinski definition) is 2. The van der Waals surface area contributed by atoms with Crippen molar-refractivity contribution in [2.24, 2.45) is 0 Å². The molecule has 0 aromatic carbocycles. The van der Waals surface area contributed by atoms with Gasteiger partial charge in [0.1, 0.15) is 0 Å². The van der Waals surface area contributed by atoms with E-state index in [1.54, 1.807) is 6.55 Å². The molecule has 9 heteroatoms. The van der Waals surface area contributed by atoms with E-state index in [0.717, 1.165) is 24.9 Å². The standard InChI is InChI=1S/C12H24Cl2O5Si2/c1-20(19-21(2,13)14,9-5-3-7-11(15)16)10-6-4-8-12(17)18/h3-10H2,1-2H3,(H,15,16)(H,17,18). The van der Waals surface area contributed by atoms with Crippen LogP contribution < -0.4 is 0 Å². The molecular formula is C12H24Cl2O5Si2. The molecule has 2 N–H and O–H groups in total. The molecule has 0 saturated heterocycles. The molecule has 0 saturated carbocycles. The van der Waals surface area contributed by atoms with Gasteiger partial charge in [-0.3, -0.25) is 9.59 Å². The quantitative estimate of drug-likeness (QED) is 0.304. The smallest absolute Gasteiger partial charge is 0.376 e. The highest BCUT2D eigenvalue weighted by Gasteiger charge is 2.37. The Morgan fingerprint density at radius 3 is 1.57 bits per heavy atom. The molecule has 124 valence electrons. The van der Waals surface area contributed by atoms with E-state index in [9.17, 15) is 9.59 Å². The van der Waals surface area contributed by atoms with Gasteiger partial charge in [-0.1, -0.05) is 12.8 Å². The third-order valence-electron chi connectivity index (χ3n) is 3.12. The van der Waals surface area contributed by atoms with Crippen molar-refractivity contribution in [2.75, 3.05) is 0 Å². The zero-order chi connectivity index (χ0) is 16.5. The van der Waals surface area contributed by atoms with Gasteiger partial charge >= 0.3 is 18.9 Å². The Morgan fingerprint density at radius 1 is 0.905 bits per heavy atom. The van der Waals surface area contributed by atoms with Gasteiger partial charge in [-0.05, 0) is 38.0 Å². The lowest BCUT2D eigenvalue weighted by Crippen LogP contribution is -2.42. The average Bonchev–Trinajstić information content (AvgIpc) is 2.28. The lowest BCUT2D eigenvalue weighted by atomic mass is 10.2. The van der Waals surface area contributed by atoms with Crippen molar-refractivity contribution >= 4 is 49.4 Å². The fraction of sp³-hybridized carbons (Fsp3) is 0.833. The molecule has 0 aliphatic carbocycles. The number of hydrogen-bond acceptors (Lipinski definition) is 3. The minimum Gasteiger partial charge on any atom is -0.481 e. The second kappa shape index (κ2) is 9.83. The number of halogens is 2. The lowest BCUT2D eigenvalue weighted by Gasteiger charge is -2.32. The van der Waals surface area contributed by atoms with Crippen LogP contribution in [0.5, 0.6) is 0 Å². The van der Waals surface area contributed by atoms with Gasteiger partial charge in [0, 0.05) is 12.8 Å². The van der Waals surface area contributed by atoms with E-state index in [1.807, 2.05) is 6.55 Å². The van der Waals surface area contributed by atoms with Gasteiger partial charge < -0.3 is 14.3 Å². The molecule has 5 nitrogen and oxygen atoms in total. The van der Waals surface area contributed by atoms with E-state index >= 15 is 0 Å². The highest BCUT2D eigenvalue weighted by atomic mass is 35.7. The number of carboxylic acid groups (broad SMARTS) is 2. The first-order valence-electron chi connectivity index (χ1n) is 7.06. The van der Waals surface area contributed by atoms with Crippen LogP contribution >= 0.6 is 22.2 Å². The summed E-state index contributed by atoms with van der Waals surface area (Å²) in [7, 11) is -2.12. The molecule has 0 fully saturated rings. The zero-order valence-corrected chi connectivity index (χ0v) is 16.0. The van der Waals surface area contributed by atoms with Crippen LogP contribution in [0.15, 0.2) is 0 Å². The minimum absolute atomic E-state index is 0.153. The van der Waals surface area contributed by atoms with Crippen molar-refractivity contribution < 1.29 is 23.9 Å². The first-order valence-corrected chi connectivity index (χ1v) is 14.3. The van der Waals surface area contributed by atoms with Crippen LogP contribution in [-0.4, -0.2) is 37.4 Å². The molecule has 0 aromatic heterocycles. The molecular weight excluding hydrogens is 351 g/mol. The molecule has 0 aromatic rings. The van der Waals surface area contributed by atoms with Crippen molar-refractivity contribution in [3.8, 4) is 0 Å². The van der Waals surface area contributed by atoms with Crippen molar-refractivity contribution in [1.82, 2.24) is 0 Å². The summed E-state index contributed by atoms with van der Waals surface area (Å²) in [6.45, 7) is 1.07. The minimum atomic E-state index is -2.68. The van der Waals surface area contributed by atoms with E-state index in [-0.39, 0.29) is 12.8 Å². The largest absolute Gasteiger partial charge is 0.481 e. The topological polar surface area (TPSA) is 83.8 Å². The lowest BCUT2D eigenvalue weighted by molar-refractivity contribution is -0.138. The second-order valence-electron chi connectivity index (χ2n) is 5.56. The van der Waals surface area contributed by atoms with E-state index < -0.39 is 27.2 Å². The molecule has 0 spiro atoms. The van der Waals surface area contributed by atoms with Crippen molar-refractivity contribution in [2.45, 2.75) is 63.7 Å². The Hall–Kier alpha value is -0.0862. The van der Waals surface area contributed by atoms with Crippen LogP contribution in [0.25, 0.3) is 0 Å². The molecule has 21 heavy (non-hydrogen) atoms. The molecule has 0 atom stereocenters. The Morgan fingerprint density at radius 2 is 1.29 bits per heavy atom. The summed E-state index contributed by atoms with van der Waals surface area (Å²) in [5.41, 5.74) is 0. The Balaban J connectivity index is 4.33. The third kappa shape index (κ3) is 13.3. The van der Waals surface area contributed by atoms with E-state index in [0.29, 0.717) is 12.8 Å². The Kier molecular flexibility index (Phi) is 9.79. The van der Waals surface area contributed by atoms with Crippen molar-refractivity contribution in [3.63, 3.8) is 0 Å². The summed E-state index contributed by atoms with van der Waals surface area (Å²) in [4.78, 5) is 21.0. The summed E-state index contributed by atoms with van der Waals surface area (Å²) in [5, 5.41) is 17.3. The maximum atomic E-state index is 10.5. The highest BCUT2D eigenvalue weighted by Crippen LogP contribution is 2.30. The molecule has 0 rings (SSSR count). The Labute approximate surface area is 137 Å². The molecule has 0 bridgehead atoms. The second-order valence-corrected chi connectivity index (χ2v) is 16.8. The van der Waals surface area contributed by atoms with Gasteiger partial charge in [-0.25, -0.2) is 0 Å². The number of carbonyl (C=O) groups is 2. The monoisotopic (exact) mass is 374 g/mol. The van der Waals surface area contributed by atoms with Crippen molar-refractivity contribution in [3.05, 3.63) is 0 Å². The highest BCUT2D eigenvalue weighted by molar-refractivity contribution is 7.43. The normalized spacial score (nSPS) is 12.4. The predicted octanol–water partition coefficient (Wildman–Crippen LogP) is 4.13. The predicted molar refractivity (Wildman–Crippen MR) is 88.6 cm³/mol. The van der Waals surface area contributed by atoms with E-state index in [2.05, 4.69) is 0 Å². The fourth-order valence-corrected chi connectivity index (χ4v) is 12.1. The molecule has 0 aliphatic rings. The van der Waals surface area contributed by atoms with Gasteiger partial charge in [0.05, 0.1) is 0 Å². The SMILES string of the molecule is C[Si](Cl)(Cl)O[Si](C)(CCCCC(=O)O)CCCCC(=O)O. The first kappa shape index (κ1) is 20.9. The van der Waals surface area contributed by atoms with Crippen LogP contribution in [0, 0.1) is 0 Å². The summed E-state index contributed by atoms with van der Waals surface area (Å²) in [6, 6.07) is 1.60. The Bertz CT molecular complexity index is 325. The van der Waals surface area contributed by atoms with E-state index in [1.165, 1.54) is 0 Å². The van der Waals surface area contributed by atoms with Crippen LogP contribution in [0.3, 0.4) is 0 Å². The van der Waals surface area contributed by atoms with Crippen molar-refractivity contribution in [1.29, 1.82) is 0 Å². The van der Waals surface area contributed by atoms with Crippen LogP contribution in [0.4, 0.5) is 0 Å². The van der Waals surface area contributed by atoms with Crippen LogP contribution in [-0.2, 0) is 13.7 Å². The average molecular weight is 375 g/mol. The van der Waals surface area contributed by atoms with Gasteiger partial charge in [0.25, 0.3) is 0 Å². The maximum Gasteiger partial charge on any atom is 0.376 e. The number of rotatable bonds is 12. The summed E-state index contributed by atoms with van der Waals surface area (Å²) in [5.74, 6) is -1.59. The molecule has 0 unspecified atom stereocenters. The van der Waals surface area contributed by atoms with Crippen LogP contribution in [0.1, 0.15) is 38.5 Å². The van der Waals surface area contributed by atoms with Gasteiger partial charge in [-0.2, -0.15) is 0 Å². The van der Waals surface area contributed by atoms with E-state index in [4.69, 9.17) is 36.5 Å². The van der Waals surface area contributed by atoms with Crippen LogP contribution in [0.2, 0.25) is 25.2 Å². The molecule has 0 aliphatic heterocycles. The fourth-order valence-electron chi connectivity index (χ4n) is 2.21. The van der Waals surface area contributed by atoms with Gasteiger partial charge in [0.2, 0.25) is 0 Å². The van der Waals surface area contributed by atoms with Gasteiger partial charge in [0.15, 0.2) is 8.32 Å². The van der Waals surface area contributed by atoms with Gasteiger partial charge in [-0.15, -0.1) is 22.2 Å². The molecule has 0 radical (unpaired) electrons. The first-order chi connectivity index (χ1) is 9.54. The summed E-state index contributed by atoms with van der Waals surface area (Å²) >= 11 is 12.1. The summed E-state index contributed by atoms with van der Waals surface area (Å²) in [6.07, 6.45) is 3.07. The maximum absolute atomic E-state index is 10.5.